The van der Waals surface area contributed by atoms with E-state index in [4.69, 9.17) is 4.74 Å². The van der Waals surface area contributed by atoms with Gasteiger partial charge in [-0.15, -0.1) is 0 Å². The number of halogens is 3. The van der Waals surface area contributed by atoms with E-state index in [1.54, 1.807) is 23.7 Å². The monoisotopic (exact) mass is 390 g/mol. The van der Waals surface area contributed by atoms with Crippen molar-refractivity contribution in [1.29, 1.82) is 0 Å². The molecular formula is C17H21F3N2O3S. The number of alkyl halides is 3. The van der Waals surface area contributed by atoms with Crippen molar-refractivity contribution in [3.63, 3.8) is 0 Å². The summed E-state index contributed by atoms with van der Waals surface area (Å²) in [5.41, 5.74) is -0.732. The molecule has 0 radical (unpaired) electrons. The van der Waals surface area contributed by atoms with E-state index in [9.17, 15) is 22.8 Å². The van der Waals surface area contributed by atoms with Gasteiger partial charge < -0.3 is 9.64 Å². The average Bonchev–Trinajstić information content (AvgIpc) is 2.59. The molecule has 144 valence electrons. The number of hydrogen-bond donors (Lipinski definition) is 0. The largest absolute Gasteiger partial charge is 0.494 e. The summed E-state index contributed by atoms with van der Waals surface area (Å²) in [6.45, 7) is 0.301. The molecule has 9 heteroatoms. The maximum absolute atomic E-state index is 12.6. The van der Waals surface area contributed by atoms with Gasteiger partial charge >= 0.3 is 12.2 Å². The van der Waals surface area contributed by atoms with Gasteiger partial charge in [-0.1, -0.05) is 6.07 Å². The molecule has 1 heterocycles. The molecule has 1 aromatic carbocycles. The maximum Gasteiger partial charge on any atom is 0.416 e. The lowest BCUT2D eigenvalue weighted by molar-refractivity contribution is -0.137. The second-order valence-corrected chi connectivity index (χ2v) is 7.16. The third kappa shape index (κ3) is 5.30. The van der Waals surface area contributed by atoms with Gasteiger partial charge in [0, 0.05) is 26.3 Å². The van der Waals surface area contributed by atoms with Crippen LogP contribution in [-0.2, 0) is 11.0 Å². The Labute approximate surface area is 154 Å². The topological polar surface area (TPSA) is 49.9 Å². The number of rotatable bonds is 7. The lowest BCUT2D eigenvalue weighted by Crippen LogP contribution is -2.54. The third-order valence-electron chi connectivity index (χ3n) is 4.09. The first-order chi connectivity index (χ1) is 12.2. The summed E-state index contributed by atoms with van der Waals surface area (Å²) in [6, 6.07) is 4.35. The lowest BCUT2D eigenvalue weighted by atomic mass is 10.1. The van der Waals surface area contributed by atoms with Gasteiger partial charge in [-0.25, -0.2) is 4.79 Å². The lowest BCUT2D eigenvalue weighted by Gasteiger charge is -2.36. The molecule has 1 aliphatic heterocycles. The van der Waals surface area contributed by atoms with Crippen LogP contribution in [0.1, 0.15) is 18.4 Å². The van der Waals surface area contributed by atoms with Gasteiger partial charge in [0.2, 0.25) is 5.91 Å². The number of hydrogen-bond acceptors (Lipinski definition) is 4. The molecule has 5 nitrogen and oxygen atoms in total. The van der Waals surface area contributed by atoms with E-state index in [1.807, 2.05) is 0 Å². The first-order valence-electron chi connectivity index (χ1n) is 8.11. The van der Waals surface area contributed by atoms with E-state index >= 15 is 0 Å². The van der Waals surface area contributed by atoms with Crippen molar-refractivity contribution in [2.75, 3.05) is 32.2 Å². The number of benzene rings is 1. The fourth-order valence-corrected chi connectivity index (χ4v) is 3.58. The van der Waals surface area contributed by atoms with Crippen molar-refractivity contribution in [2.24, 2.45) is 0 Å². The van der Waals surface area contributed by atoms with Crippen LogP contribution in [0.4, 0.5) is 18.0 Å². The van der Waals surface area contributed by atoms with E-state index in [1.165, 1.54) is 19.2 Å². The highest BCUT2D eigenvalue weighted by atomic mass is 32.2. The van der Waals surface area contributed by atoms with E-state index in [0.29, 0.717) is 25.2 Å². The number of carbonyl (C=O) groups excluding carboxylic acids is 2. The number of urea groups is 1. The van der Waals surface area contributed by atoms with E-state index < -0.39 is 11.7 Å². The van der Waals surface area contributed by atoms with Crippen LogP contribution in [0.2, 0.25) is 0 Å². The van der Waals surface area contributed by atoms with Gasteiger partial charge in [0.1, 0.15) is 5.75 Å². The smallest absolute Gasteiger partial charge is 0.416 e. The van der Waals surface area contributed by atoms with Crippen LogP contribution < -0.4 is 4.74 Å². The first kappa shape index (κ1) is 20.4. The minimum Gasteiger partial charge on any atom is -0.494 e. The summed E-state index contributed by atoms with van der Waals surface area (Å²) in [7, 11) is 3.14. The van der Waals surface area contributed by atoms with E-state index in [-0.39, 0.29) is 23.7 Å². The zero-order valence-electron chi connectivity index (χ0n) is 14.6. The van der Waals surface area contributed by atoms with Crippen molar-refractivity contribution in [2.45, 2.75) is 25.1 Å². The third-order valence-corrected chi connectivity index (χ3v) is 5.29. The molecule has 0 saturated carbocycles. The molecule has 2 rings (SSSR count). The Morgan fingerprint density at radius 2 is 2.00 bits per heavy atom. The van der Waals surface area contributed by atoms with Crippen LogP contribution in [0.5, 0.6) is 5.75 Å². The molecule has 1 unspecified atom stereocenters. The highest BCUT2D eigenvalue weighted by molar-refractivity contribution is 7.99. The van der Waals surface area contributed by atoms with Gasteiger partial charge in [-0.05, 0) is 30.4 Å². The molecule has 1 aliphatic rings. The van der Waals surface area contributed by atoms with Gasteiger partial charge in [0.25, 0.3) is 0 Å². The quantitative estimate of drug-likeness (QED) is 0.669. The van der Waals surface area contributed by atoms with Gasteiger partial charge in [0.15, 0.2) is 0 Å². The van der Waals surface area contributed by atoms with Crippen LogP contribution >= 0.6 is 11.8 Å². The summed E-state index contributed by atoms with van der Waals surface area (Å²) in [5, 5.41) is 0. The summed E-state index contributed by atoms with van der Waals surface area (Å²) in [5.74, 6) is 1.36. The van der Waals surface area contributed by atoms with Gasteiger partial charge in [0.05, 0.1) is 18.2 Å². The average molecular weight is 390 g/mol. The Balaban J connectivity index is 1.68. The van der Waals surface area contributed by atoms with Crippen molar-refractivity contribution in [3.05, 3.63) is 29.8 Å². The zero-order valence-corrected chi connectivity index (χ0v) is 15.4. The van der Waals surface area contributed by atoms with Crippen molar-refractivity contribution >= 4 is 23.7 Å². The molecule has 0 N–H and O–H groups in total. The molecule has 0 spiro atoms. The fraction of sp³-hybridized carbons (Fsp3) is 0.529. The number of nitrogens with zero attached hydrogens (tertiary/aromatic N) is 2. The Bertz CT molecular complexity index is 654. The molecule has 0 bridgehead atoms. The molecule has 3 amide bonds. The second-order valence-electron chi connectivity index (χ2n) is 6.01. The zero-order chi connectivity index (χ0) is 19.3. The molecule has 1 saturated heterocycles. The molecule has 26 heavy (non-hydrogen) atoms. The maximum atomic E-state index is 12.6. The molecule has 1 aromatic rings. The summed E-state index contributed by atoms with van der Waals surface area (Å²) < 4.78 is 43.3. The molecule has 0 aromatic heterocycles. The predicted octanol–water partition coefficient (Wildman–Crippen LogP) is 3.49. The van der Waals surface area contributed by atoms with Crippen LogP contribution in [0, 0.1) is 0 Å². The van der Waals surface area contributed by atoms with Crippen LogP contribution in [0.15, 0.2) is 24.3 Å². The van der Waals surface area contributed by atoms with Crippen LogP contribution in [-0.4, -0.2) is 60.0 Å². The number of carbonyl (C=O) groups is 2. The standard InChI is InChI=1S/C17H21F3N2O3S/c1-21-13(10-15(23)22(2)16(21)24)11-26-8-4-7-25-14-6-3-5-12(9-14)17(18,19)20/h3,5-6,9,13H,4,7-8,10-11H2,1-2H3. The predicted molar refractivity (Wildman–Crippen MR) is 93.2 cm³/mol. The van der Waals surface area contributed by atoms with Crippen LogP contribution in [0.3, 0.4) is 0 Å². The van der Waals surface area contributed by atoms with Crippen LogP contribution in [0.25, 0.3) is 0 Å². The molecule has 0 aliphatic carbocycles. The van der Waals surface area contributed by atoms with Crippen molar-refractivity contribution in [3.8, 4) is 5.75 Å². The number of thioether (sulfide) groups is 1. The van der Waals surface area contributed by atoms with Crippen molar-refractivity contribution < 1.29 is 27.5 Å². The molecular weight excluding hydrogens is 369 g/mol. The summed E-state index contributed by atoms with van der Waals surface area (Å²) in [6.07, 6.45) is -3.43. The second kappa shape index (κ2) is 8.66. The fourth-order valence-electron chi connectivity index (χ4n) is 2.48. The van der Waals surface area contributed by atoms with Crippen molar-refractivity contribution in [1.82, 2.24) is 9.80 Å². The highest BCUT2D eigenvalue weighted by Crippen LogP contribution is 2.31. The highest BCUT2D eigenvalue weighted by Gasteiger charge is 2.34. The Hall–Kier alpha value is -1.90. The van der Waals surface area contributed by atoms with E-state index in [0.717, 1.165) is 22.8 Å². The first-order valence-corrected chi connectivity index (χ1v) is 9.26. The number of ether oxygens (including phenoxy) is 1. The minimum atomic E-state index is -4.38. The Morgan fingerprint density at radius 1 is 1.27 bits per heavy atom. The SMILES string of the molecule is CN1C(=O)CC(CSCCCOc2cccc(C(F)(F)F)c2)N(C)C1=O. The molecule has 1 fully saturated rings. The molecule has 1 atom stereocenters. The minimum absolute atomic E-state index is 0.138. The van der Waals surface area contributed by atoms with Gasteiger partial charge in [-0.3, -0.25) is 9.69 Å². The normalized spacial score (nSPS) is 18.4. The summed E-state index contributed by atoms with van der Waals surface area (Å²) in [4.78, 5) is 26.3. The number of imide groups is 1. The van der Waals surface area contributed by atoms with E-state index in [2.05, 4.69) is 0 Å². The van der Waals surface area contributed by atoms with Gasteiger partial charge in [-0.2, -0.15) is 24.9 Å². The summed E-state index contributed by atoms with van der Waals surface area (Å²) >= 11 is 1.59. The Morgan fingerprint density at radius 3 is 2.69 bits per heavy atom. The Kier molecular flexibility index (Phi) is 6.80. The number of amides is 3.